The van der Waals surface area contributed by atoms with E-state index in [0.29, 0.717) is 0 Å². The molecule has 21 heavy (non-hydrogen) atoms. The molecule has 3 heteroatoms. The Labute approximate surface area is 136 Å². The normalized spacial score (nSPS) is 14.6. The Morgan fingerprint density at radius 1 is 1.00 bits per heavy atom. The van der Waals surface area contributed by atoms with E-state index in [1.165, 1.54) is 16.7 Å². The number of rotatable bonds is 4. The van der Waals surface area contributed by atoms with Gasteiger partial charge in [-0.1, -0.05) is 48.5 Å². The van der Waals surface area contributed by atoms with E-state index >= 15 is 0 Å². The Balaban J connectivity index is 0.00000161. The molecule has 0 fully saturated rings. The Morgan fingerprint density at radius 3 is 2.48 bits per heavy atom. The standard InChI is InChI=1S/C18H20NO.BrH/c20-14-18(12-15-6-2-1-3-7-15)19-11-10-16-8-4-5-9-17(16)13-19;/h1-9,13,18,20H,10-12,14H2;1H/q+1;/p-1/t18-;/m0./s1. The summed E-state index contributed by atoms with van der Waals surface area (Å²) in [5.74, 6) is 0. The molecule has 1 aliphatic heterocycles. The summed E-state index contributed by atoms with van der Waals surface area (Å²) in [6.07, 6.45) is 4.14. The monoisotopic (exact) mass is 345 g/mol. The van der Waals surface area contributed by atoms with Crippen LogP contribution in [0.3, 0.4) is 0 Å². The van der Waals surface area contributed by atoms with Crippen molar-refractivity contribution in [3.63, 3.8) is 0 Å². The highest BCUT2D eigenvalue weighted by atomic mass is 79.9. The second-order valence-corrected chi connectivity index (χ2v) is 5.34. The van der Waals surface area contributed by atoms with Gasteiger partial charge in [-0.3, -0.25) is 0 Å². The fourth-order valence-corrected chi connectivity index (χ4v) is 2.84. The molecular weight excluding hydrogens is 326 g/mol. The minimum Gasteiger partial charge on any atom is -1.00 e. The summed E-state index contributed by atoms with van der Waals surface area (Å²) < 4.78 is 2.29. The van der Waals surface area contributed by atoms with Crippen LogP contribution in [0, 0.1) is 0 Å². The lowest BCUT2D eigenvalue weighted by atomic mass is 10.00. The van der Waals surface area contributed by atoms with Crippen molar-refractivity contribution in [2.75, 3.05) is 13.2 Å². The molecule has 1 heterocycles. The van der Waals surface area contributed by atoms with Gasteiger partial charge in [-0.2, -0.15) is 0 Å². The van der Waals surface area contributed by atoms with E-state index in [4.69, 9.17) is 0 Å². The highest BCUT2D eigenvalue weighted by Crippen LogP contribution is 2.14. The minimum absolute atomic E-state index is 0. The highest BCUT2D eigenvalue weighted by molar-refractivity contribution is 5.78. The molecular formula is C18H20BrNO. The highest BCUT2D eigenvalue weighted by Gasteiger charge is 2.24. The smallest absolute Gasteiger partial charge is 0.179 e. The van der Waals surface area contributed by atoms with Crippen molar-refractivity contribution in [1.29, 1.82) is 0 Å². The Morgan fingerprint density at radius 2 is 1.71 bits per heavy atom. The molecule has 1 atom stereocenters. The Bertz CT molecular complexity index is 610. The van der Waals surface area contributed by atoms with E-state index in [2.05, 4.69) is 59.3 Å². The molecule has 0 bridgehead atoms. The molecule has 0 spiro atoms. The van der Waals surface area contributed by atoms with E-state index in [0.717, 1.165) is 19.4 Å². The summed E-state index contributed by atoms with van der Waals surface area (Å²) in [5, 5.41) is 9.73. The molecule has 110 valence electrons. The molecule has 0 saturated carbocycles. The van der Waals surface area contributed by atoms with E-state index in [-0.39, 0.29) is 29.6 Å². The van der Waals surface area contributed by atoms with Gasteiger partial charge >= 0.3 is 0 Å². The lowest BCUT2D eigenvalue weighted by Crippen LogP contribution is -3.00. The van der Waals surface area contributed by atoms with Gasteiger partial charge in [-0.05, 0) is 17.2 Å². The molecule has 0 unspecified atom stereocenters. The van der Waals surface area contributed by atoms with Crippen LogP contribution in [0.2, 0.25) is 0 Å². The number of benzene rings is 2. The third kappa shape index (κ3) is 3.80. The van der Waals surface area contributed by atoms with Crippen molar-refractivity contribution in [2.45, 2.75) is 18.9 Å². The van der Waals surface area contributed by atoms with Crippen LogP contribution in [0.25, 0.3) is 0 Å². The second kappa shape index (κ2) is 7.53. The molecule has 0 saturated heterocycles. The van der Waals surface area contributed by atoms with Crippen LogP contribution in [-0.4, -0.2) is 35.1 Å². The maximum Gasteiger partial charge on any atom is 0.179 e. The lowest BCUT2D eigenvalue weighted by molar-refractivity contribution is -0.565. The van der Waals surface area contributed by atoms with Crippen LogP contribution >= 0.6 is 0 Å². The average Bonchev–Trinajstić information content (AvgIpc) is 2.53. The van der Waals surface area contributed by atoms with Crippen molar-refractivity contribution < 1.29 is 26.7 Å². The van der Waals surface area contributed by atoms with Crippen molar-refractivity contribution in [2.24, 2.45) is 0 Å². The van der Waals surface area contributed by atoms with Gasteiger partial charge in [0.1, 0.15) is 13.2 Å². The fourth-order valence-electron chi connectivity index (χ4n) is 2.84. The van der Waals surface area contributed by atoms with E-state index in [1.807, 2.05) is 6.07 Å². The van der Waals surface area contributed by atoms with Gasteiger partial charge in [0.2, 0.25) is 0 Å². The number of hydrogen-bond donors (Lipinski definition) is 1. The Hall–Kier alpha value is -1.45. The molecule has 0 amide bonds. The zero-order valence-electron chi connectivity index (χ0n) is 12.0. The first kappa shape index (κ1) is 15.9. The van der Waals surface area contributed by atoms with E-state index < -0.39 is 0 Å². The predicted octanol–water partition coefficient (Wildman–Crippen LogP) is -0.718. The summed E-state index contributed by atoms with van der Waals surface area (Å²) in [4.78, 5) is 0. The summed E-state index contributed by atoms with van der Waals surface area (Å²) in [6.45, 7) is 1.17. The first-order valence-corrected chi connectivity index (χ1v) is 7.20. The van der Waals surface area contributed by atoms with Gasteiger partial charge < -0.3 is 22.1 Å². The largest absolute Gasteiger partial charge is 1.00 e. The van der Waals surface area contributed by atoms with Crippen molar-refractivity contribution in [1.82, 2.24) is 0 Å². The molecule has 0 aromatic heterocycles. The van der Waals surface area contributed by atoms with Crippen LogP contribution in [0.5, 0.6) is 0 Å². The van der Waals surface area contributed by atoms with Crippen LogP contribution in [0.1, 0.15) is 16.7 Å². The lowest BCUT2D eigenvalue weighted by Gasteiger charge is -2.18. The average molecular weight is 346 g/mol. The molecule has 1 N–H and O–H groups in total. The zero-order chi connectivity index (χ0) is 13.8. The van der Waals surface area contributed by atoms with Crippen molar-refractivity contribution in [3.05, 3.63) is 71.3 Å². The van der Waals surface area contributed by atoms with Crippen molar-refractivity contribution in [3.8, 4) is 0 Å². The number of aliphatic hydroxyl groups is 1. The predicted molar refractivity (Wildman–Crippen MR) is 81.5 cm³/mol. The molecule has 0 aliphatic carbocycles. The van der Waals surface area contributed by atoms with E-state index in [1.54, 1.807) is 0 Å². The molecule has 2 nitrogen and oxygen atoms in total. The van der Waals surface area contributed by atoms with Crippen LogP contribution in [0.4, 0.5) is 0 Å². The summed E-state index contributed by atoms with van der Waals surface area (Å²) in [5.41, 5.74) is 3.96. The number of nitrogens with zero attached hydrogens (tertiary/aromatic N) is 1. The number of halogens is 1. The molecule has 3 rings (SSSR count). The van der Waals surface area contributed by atoms with Gasteiger partial charge in [0.25, 0.3) is 0 Å². The first-order valence-electron chi connectivity index (χ1n) is 7.20. The summed E-state index contributed by atoms with van der Waals surface area (Å²) in [6, 6.07) is 19.1. The molecule has 2 aromatic rings. The molecule has 0 radical (unpaired) electrons. The quantitative estimate of drug-likeness (QED) is 0.726. The number of aliphatic hydroxyl groups excluding tert-OH is 1. The maximum absolute atomic E-state index is 9.73. The zero-order valence-corrected chi connectivity index (χ0v) is 13.5. The minimum atomic E-state index is 0. The number of fused-ring (bicyclic) bond motifs is 1. The topological polar surface area (TPSA) is 23.2 Å². The fraction of sp³-hybridized carbons (Fsp3) is 0.278. The summed E-state index contributed by atoms with van der Waals surface area (Å²) >= 11 is 0. The molecule has 1 aliphatic rings. The van der Waals surface area contributed by atoms with Gasteiger partial charge in [0.05, 0.1) is 0 Å². The third-order valence-electron chi connectivity index (χ3n) is 3.99. The van der Waals surface area contributed by atoms with Gasteiger partial charge in [-0.15, -0.1) is 0 Å². The SMILES string of the molecule is OC[C@H](Cc1ccccc1)[N+]1=Cc2ccccc2CC1.[Br-]. The van der Waals surface area contributed by atoms with Gasteiger partial charge in [-0.25, -0.2) is 4.58 Å². The second-order valence-electron chi connectivity index (χ2n) is 5.34. The summed E-state index contributed by atoms with van der Waals surface area (Å²) in [7, 11) is 0. The van der Waals surface area contributed by atoms with Crippen LogP contribution in [-0.2, 0) is 12.8 Å². The van der Waals surface area contributed by atoms with E-state index in [9.17, 15) is 5.11 Å². The first-order chi connectivity index (χ1) is 9.86. The van der Waals surface area contributed by atoms with Crippen LogP contribution < -0.4 is 17.0 Å². The third-order valence-corrected chi connectivity index (χ3v) is 3.99. The molecule has 2 aromatic carbocycles. The van der Waals surface area contributed by atoms with Gasteiger partial charge in [0, 0.05) is 18.4 Å². The van der Waals surface area contributed by atoms with Crippen molar-refractivity contribution >= 4 is 6.21 Å². The Kier molecular flexibility index (Phi) is 5.71. The van der Waals surface area contributed by atoms with Crippen LogP contribution in [0.15, 0.2) is 54.6 Å². The maximum atomic E-state index is 9.73. The number of hydrogen-bond acceptors (Lipinski definition) is 1. The van der Waals surface area contributed by atoms with Gasteiger partial charge in [0.15, 0.2) is 12.3 Å².